The molecule has 168 valence electrons. The molecule has 0 fully saturated rings. The summed E-state index contributed by atoms with van der Waals surface area (Å²) in [6, 6.07) is 10.4. The fraction of sp³-hybridized carbons (Fsp3) is 0.182. The Kier molecular flexibility index (Phi) is 7.55. The van der Waals surface area contributed by atoms with E-state index in [4.69, 9.17) is 22.7 Å². The summed E-state index contributed by atoms with van der Waals surface area (Å²) < 4.78 is 43.8. The first-order chi connectivity index (χ1) is 15.2. The molecule has 2 atom stereocenters. The van der Waals surface area contributed by atoms with E-state index < -0.39 is 40.0 Å². The van der Waals surface area contributed by atoms with E-state index >= 15 is 0 Å². The molecule has 0 aliphatic rings. The number of rotatable bonds is 8. The van der Waals surface area contributed by atoms with E-state index in [9.17, 15) is 18.1 Å². The zero-order chi connectivity index (χ0) is 23.4. The van der Waals surface area contributed by atoms with E-state index in [0.717, 1.165) is 17.7 Å². The van der Waals surface area contributed by atoms with Crippen LogP contribution in [0.4, 0.5) is 20.3 Å². The number of nitrogen functional groups attached to an aromatic ring is 1. The van der Waals surface area contributed by atoms with Crippen LogP contribution in [0.25, 0.3) is 11.1 Å². The van der Waals surface area contributed by atoms with Crippen molar-refractivity contribution in [2.45, 2.75) is 19.4 Å². The molecule has 2 unspecified atom stereocenters. The van der Waals surface area contributed by atoms with Crippen LogP contribution in [0, 0.1) is 17.0 Å². The van der Waals surface area contributed by atoms with Crippen molar-refractivity contribution in [1.82, 2.24) is 4.98 Å². The molecule has 1 heterocycles. The lowest BCUT2D eigenvalue weighted by Gasteiger charge is -2.18. The lowest BCUT2D eigenvalue weighted by Crippen LogP contribution is -2.19. The fourth-order valence-corrected chi connectivity index (χ4v) is 4.04. The smallest absolute Gasteiger partial charge is 0.156 e. The van der Waals surface area contributed by atoms with Gasteiger partial charge in [-0.25, -0.2) is 18.0 Å². The first-order valence-electron chi connectivity index (χ1n) is 9.64. The van der Waals surface area contributed by atoms with Crippen LogP contribution in [-0.4, -0.2) is 25.8 Å². The quantitative estimate of drug-likeness (QED) is 0.347. The molecule has 5 N–H and O–H groups in total. The van der Waals surface area contributed by atoms with Crippen LogP contribution < -0.4 is 10.5 Å². The van der Waals surface area contributed by atoms with Gasteiger partial charge in [-0.05, 0) is 42.3 Å². The molecule has 0 aliphatic carbocycles. The molecule has 3 aromatic rings. The summed E-state index contributed by atoms with van der Waals surface area (Å²) >= 11 is 5.91. The fourth-order valence-electron chi connectivity index (χ4n) is 3.04. The van der Waals surface area contributed by atoms with Crippen LogP contribution in [0.2, 0.25) is 5.02 Å². The molecule has 3 rings (SSSR count). The molecule has 6 nitrogen and oxygen atoms in total. The Bertz CT molecular complexity index is 1180. The highest BCUT2D eigenvalue weighted by molar-refractivity contribution is 7.86. The Morgan fingerprint density at radius 3 is 2.59 bits per heavy atom. The summed E-state index contributed by atoms with van der Waals surface area (Å²) in [5.74, 6) is -1.99. The van der Waals surface area contributed by atoms with Gasteiger partial charge in [0.1, 0.15) is 28.7 Å². The van der Waals surface area contributed by atoms with E-state index in [2.05, 4.69) is 9.71 Å². The van der Waals surface area contributed by atoms with Crippen molar-refractivity contribution in [1.29, 1.82) is 5.41 Å². The predicted molar refractivity (Wildman–Crippen MR) is 124 cm³/mol. The van der Waals surface area contributed by atoms with Crippen LogP contribution in [0.1, 0.15) is 30.6 Å². The number of hydrogen-bond acceptors (Lipinski definition) is 5. The molecule has 0 saturated heterocycles. The molecule has 0 saturated carbocycles. The summed E-state index contributed by atoms with van der Waals surface area (Å²) in [4.78, 5) is 4.05. The van der Waals surface area contributed by atoms with Gasteiger partial charge < -0.3 is 21.0 Å². The molecule has 10 heteroatoms. The van der Waals surface area contributed by atoms with E-state index in [1.54, 1.807) is 24.3 Å². The third-order valence-corrected chi connectivity index (χ3v) is 6.15. The van der Waals surface area contributed by atoms with Crippen molar-refractivity contribution in [3.63, 3.8) is 0 Å². The number of nitrogens with zero attached hydrogens (tertiary/aromatic N) is 1. The molecule has 0 spiro atoms. The highest BCUT2D eigenvalue weighted by Gasteiger charge is 2.27. The maximum Gasteiger partial charge on any atom is 0.156 e. The van der Waals surface area contributed by atoms with Crippen molar-refractivity contribution in [3.8, 4) is 11.1 Å². The van der Waals surface area contributed by atoms with Gasteiger partial charge in [0, 0.05) is 28.1 Å². The number of pyridine rings is 1. The van der Waals surface area contributed by atoms with Crippen molar-refractivity contribution < 1.29 is 18.1 Å². The Balaban J connectivity index is 1.97. The average molecular weight is 479 g/mol. The van der Waals surface area contributed by atoms with Gasteiger partial charge in [-0.1, -0.05) is 30.7 Å². The maximum atomic E-state index is 15.0. The topological polar surface area (TPSA) is 112 Å². The first-order valence-corrected chi connectivity index (χ1v) is 11.3. The van der Waals surface area contributed by atoms with Crippen LogP contribution >= 0.6 is 11.6 Å². The van der Waals surface area contributed by atoms with Gasteiger partial charge in [0.25, 0.3) is 0 Å². The number of hydrogen-bond donors (Lipinski definition) is 4. The summed E-state index contributed by atoms with van der Waals surface area (Å²) in [6.45, 7) is 1.81. The highest BCUT2D eigenvalue weighted by atomic mass is 35.5. The van der Waals surface area contributed by atoms with Crippen LogP contribution in [-0.2, 0) is 11.0 Å². The Labute approximate surface area is 191 Å². The van der Waals surface area contributed by atoms with Crippen molar-refractivity contribution >= 4 is 39.8 Å². The molecule has 1 aromatic heterocycles. The van der Waals surface area contributed by atoms with E-state index in [0.29, 0.717) is 17.0 Å². The lowest BCUT2D eigenvalue weighted by atomic mass is 9.96. The number of nitrogens with one attached hydrogen (secondary N) is 2. The number of nitrogens with two attached hydrogens (primary N) is 1. The second kappa shape index (κ2) is 10.2. The number of anilines is 2. The van der Waals surface area contributed by atoms with Crippen molar-refractivity contribution in [2.24, 2.45) is 0 Å². The van der Waals surface area contributed by atoms with Crippen LogP contribution in [0.5, 0.6) is 0 Å². The standard InChI is InChI=1S/C22H21ClF2N4O2S/c1-2-9-32(31)29-17-8-7-16(24)18(19(17)25)21(30)20(26)15-10-13(11-28-22(15)27)12-3-5-14(23)6-4-12/h3-8,10-11,21,26,29-30H,2,9H2,1H3,(H2,27,28). The average Bonchev–Trinajstić information content (AvgIpc) is 2.76. The number of aromatic nitrogens is 1. The number of aliphatic hydroxyl groups is 1. The van der Waals surface area contributed by atoms with Crippen LogP contribution in [0.3, 0.4) is 0 Å². The SMILES string of the molecule is CCCS(=O)Nc1ccc(F)c(C(O)C(=N)c2cc(-c3ccc(Cl)cc3)cnc2N)c1F. The van der Waals surface area contributed by atoms with Gasteiger partial charge in [-0.2, -0.15) is 0 Å². The number of aliphatic hydroxyl groups excluding tert-OH is 1. The van der Waals surface area contributed by atoms with Gasteiger partial charge in [-0.3, -0.25) is 0 Å². The monoisotopic (exact) mass is 478 g/mol. The molecule has 0 bridgehead atoms. The van der Waals surface area contributed by atoms with Gasteiger partial charge in [0.2, 0.25) is 0 Å². The molecular formula is C22H21ClF2N4O2S. The highest BCUT2D eigenvalue weighted by Crippen LogP contribution is 2.31. The van der Waals surface area contributed by atoms with Gasteiger partial charge >= 0.3 is 0 Å². The minimum atomic E-state index is -1.97. The first kappa shape index (κ1) is 23.8. The normalized spacial score (nSPS) is 12.9. The minimum absolute atomic E-state index is 0.0247. The molecule has 32 heavy (non-hydrogen) atoms. The number of halogens is 3. The van der Waals surface area contributed by atoms with Crippen molar-refractivity contribution in [2.75, 3.05) is 16.2 Å². The summed E-state index contributed by atoms with van der Waals surface area (Å²) in [7, 11) is -1.57. The lowest BCUT2D eigenvalue weighted by molar-refractivity contribution is 0.235. The summed E-state index contributed by atoms with van der Waals surface area (Å²) in [6.07, 6.45) is 0.107. The third kappa shape index (κ3) is 5.12. The largest absolute Gasteiger partial charge is 0.383 e. The van der Waals surface area contributed by atoms with Gasteiger partial charge in [-0.15, -0.1) is 0 Å². The van der Waals surface area contributed by atoms with E-state index in [-0.39, 0.29) is 22.8 Å². The Morgan fingerprint density at radius 1 is 1.25 bits per heavy atom. The molecule has 0 radical (unpaired) electrons. The summed E-state index contributed by atoms with van der Waals surface area (Å²) in [5, 5.41) is 19.6. The second-order valence-corrected chi connectivity index (χ2v) is 8.69. The molecule has 0 amide bonds. The Hall–Kier alpha value is -2.88. The van der Waals surface area contributed by atoms with Gasteiger partial charge in [0.15, 0.2) is 5.82 Å². The molecule has 0 aliphatic heterocycles. The van der Waals surface area contributed by atoms with Crippen LogP contribution in [0.15, 0.2) is 48.7 Å². The number of benzene rings is 2. The van der Waals surface area contributed by atoms with Gasteiger partial charge in [0.05, 0.1) is 17.0 Å². The third-order valence-electron chi connectivity index (χ3n) is 4.67. The second-order valence-electron chi connectivity index (χ2n) is 6.95. The molecular weight excluding hydrogens is 458 g/mol. The van der Waals surface area contributed by atoms with Crippen molar-refractivity contribution in [3.05, 3.63) is 76.4 Å². The van der Waals surface area contributed by atoms with E-state index in [1.807, 2.05) is 6.92 Å². The zero-order valence-electron chi connectivity index (χ0n) is 17.0. The minimum Gasteiger partial charge on any atom is -0.383 e. The summed E-state index contributed by atoms with van der Waals surface area (Å²) in [5.41, 5.74) is 5.71. The predicted octanol–water partition coefficient (Wildman–Crippen LogP) is 4.85. The Morgan fingerprint density at radius 2 is 1.94 bits per heavy atom. The maximum absolute atomic E-state index is 15.0. The molecule has 2 aromatic carbocycles. The zero-order valence-corrected chi connectivity index (χ0v) is 18.6. The van der Waals surface area contributed by atoms with E-state index in [1.165, 1.54) is 12.3 Å².